The highest BCUT2D eigenvalue weighted by Crippen LogP contribution is 2.50. The van der Waals surface area contributed by atoms with E-state index in [9.17, 15) is 14.4 Å². The third kappa shape index (κ3) is 2.25. The number of amides is 3. The molecule has 3 heterocycles. The normalized spacial score (nSPS) is 29.7. The molecule has 3 amide bonds. The molecular weight excluding hydrogens is 378 g/mol. The Morgan fingerprint density at radius 2 is 1.73 bits per heavy atom. The largest absolute Gasteiger partial charge is 0.326 e. The second-order valence-electron chi connectivity index (χ2n) is 9.14. The molecule has 1 spiro atoms. The van der Waals surface area contributed by atoms with Crippen molar-refractivity contribution in [1.29, 1.82) is 0 Å². The molecule has 6 heteroatoms. The van der Waals surface area contributed by atoms with Gasteiger partial charge in [-0.05, 0) is 43.2 Å². The first-order valence-electron chi connectivity index (χ1n) is 10.5. The Balaban J connectivity index is 1.68. The van der Waals surface area contributed by atoms with Crippen molar-refractivity contribution in [3.63, 3.8) is 0 Å². The van der Waals surface area contributed by atoms with Gasteiger partial charge in [0.05, 0.1) is 11.4 Å². The molecule has 2 saturated heterocycles. The van der Waals surface area contributed by atoms with Crippen LogP contribution in [-0.2, 0) is 19.9 Å². The molecule has 0 aromatic heterocycles. The molecule has 6 nitrogen and oxygen atoms in total. The lowest BCUT2D eigenvalue weighted by molar-refractivity contribution is -0.738. The second-order valence-corrected chi connectivity index (χ2v) is 9.14. The van der Waals surface area contributed by atoms with Gasteiger partial charge in [0.1, 0.15) is 17.9 Å². The predicted molar refractivity (Wildman–Crippen MR) is 113 cm³/mol. The van der Waals surface area contributed by atoms with Crippen LogP contribution in [-0.4, -0.2) is 23.8 Å². The number of carbonyl (C=O) groups is 3. The van der Waals surface area contributed by atoms with E-state index in [0.29, 0.717) is 5.69 Å². The van der Waals surface area contributed by atoms with E-state index in [1.807, 2.05) is 75.5 Å². The summed E-state index contributed by atoms with van der Waals surface area (Å²) >= 11 is 0. The number of anilines is 2. The number of imide groups is 1. The number of nitrogens with one attached hydrogen (secondary N) is 1. The average molecular weight is 404 g/mol. The summed E-state index contributed by atoms with van der Waals surface area (Å²) in [6.07, 6.45) is 0. The van der Waals surface area contributed by atoms with Crippen molar-refractivity contribution in [3.8, 4) is 0 Å². The number of aryl methyl sites for hydroxylation is 2. The number of nitrogens with zero attached hydrogens (tertiary/aromatic N) is 1. The minimum absolute atomic E-state index is 0.133. The summed E-state index contributed by atoms with van der Waals surface area (Å²) in [7, 11) is 0. The van der Waals surface area contributed by atoms with Gasteiger partial charge in [0.15, 0.2) is 0 Å². The molecule has 3 aliphatic heterocycles. The summed E-state index contributed by atoms with van der Waals surface area (Å²) in [4.78, 5) is 42.1. The molecule has 2 aromatic rings. The van der Waals surface area contributed by atoms with E-state index in [0.717, 1.165) is 22.4 Å². The predicted octanol–water partition coefficient (Wildman–Crippen LogP) is 1.86. The second kappa shape index (κ2) is 6.25. The fourth-order valence-electron chi connectivity index (χ4n) is 5.57. The molecule has 154 valence electrons. The van der Waals surface area contributed by atoms with Gasteiger partial charge in [-0.15, -0.1) is 0 Å². The van der Waals surface area contributed by atoms with Gasteiger partial charge in [0.25, 0.3) is 5.91 Å². The first kappa shape index (κ1) is 19.0. The fraction of sp³-hybridized carbons (Fsp3) is 0.375. The van der Waals surface area contributed by atoms with Crippen LogP contribution < -0.4 is 15.5 Å². The number of hydrogen-bond donors (Lipinski definition) is 2. The molecule has 2 fully saturated rings. The Kier molecular flexibility index (Phi) is 3.96. The van der Waals surface area contributed by atoms with Crippen LogP contribution in [0, 0.1) is 31.6 Å². The van der Waals surface area contributed by atoms with Crippen LogP contribution in [0.25, 0.3) is 0 Å². The molecule has 0 aliphatic carbocycles. The lowest BCUT2D eigenvalue weighted by Crippen LogP contribution is -2.99. The number of rotatable bonds is 2. The van der Waals surface area contributed by atoms with Gasteiger partial charge >= 0.3 is 0 Å². The van der Waals surface area contributed by atoms with Gasteiger partial charge in [-0.3, -0.25) is 14.4 Å². The summed E-state index contributed by atoms with van der Waals surface area (Å²) < 4.78 is 0. The third-order valence-corrected chi connectivity index (χ3v) is 7.23. The zero-order valence-electron chi connectivity index (χ0n) is 17.6. The highest BCUT2D eigenvalue weighted by molar-refractivity contribution is 6.25. The molecule has 4 atom stereocenters. The van der Waals surface area contributed by atoms with Crippen LogP contribution in [0.15, 0.2) is 42.5 Å². The van der Waals surface area contributed by atoms with Crippen molar-refractivity contribution < 1.29 is 19.7 Å². The molecule has 3 aliphatic rings. The summed E-state index contributed by atoms with van der Waals surface area (Å²) in [6, 6.07) is 13.0. The van der Waals surface area contributed by atoms with Crippen molar-refractivity contribution in [2.75, 3.05) is 10.2 Å². The van der Waals surface area contributed by atoms with E-state index in [1.54, 1.807) is 0 Å². The first-order valence-corrected chi connectivity index (χ1v) is 10.5. The van der Waals surface area contributed by atoms with E-state index in [-0.39, 0.29) is 29.7 Å². The number of para-hydroxylation sites is 1. The van der Waals surface area contributed by atoms with Gasteiger partial charge < -0.3 is 10.6 Å². The Morgan fingerprint density at radius 3 is 2.43 bits per heavy atom. The maximum atomic E-state index is 13.8. The van der Waals surface area contributed by atoms with Gasteiger partial charge in [-0.1, -0.05) is 38.1 Å². The Labute approximate surface area is 175 Å². The van der Waals surface area contributed by atoms with E-state index in [2.05, 4.69) is 5.32 Å². The van der Waals surface area contributed by atoms with Crippen molar-refractivity contribution >= 4 is 29.1 Å². The number of carbonyl (C=O) groups excluding carboxylic acids is 3. The summed E-state index contributed by atoms with van der Waals surface area (Å²) in [5, 5.41) is 4.94. The first-order chi connectivity index (χ1) is 14.3. The van der Waals surface area contributed by atoms with Crippen LogP contribution in [0.1, 0.15) is 30.5 Å². The Hall–Kier alpha value is -2.99. The Morgan fingerprint density at radius 1 is 1.00 bits per heavy atom. The third-order valence-electron chi connectivity index (χ3n) is 7.23. The lowest BCUT2D eigenvalue weighted by atomic mass is 9.76. The molecule has 0 bridgehead atoms. The number of fused-ring (bicyclic) bond motifs is 4. The minimum Gasteiger partial charge on any atom is -0.326 e. The zero-order chi connectivity index (χ0) is 21.4. The molecule has 0 radical (unpaired) electrons. The van der Waals surface area contributed by atoms with Gasteiger partial charge in [-0.25, -0.2) is 4.90 Å². The number of quaternary nitrogens is 1. The topological polar surface area (TPSA) is 83.1 Å². The molecule has 0 saturated carbocycles. The molecule has 3 N–H and O–H groups in total. The SMILES string of the molecule is Cc1ccc(N2C(=O)[C@@H]3[C@@H](C(C)C)[NH2+][C@@]4(C(=O)Nc5ccccc54)[C@@H]3C2=O)cc1C. The van der Waals surface area contributed by atoms with E-state index in [4.69, 9.17) is 0 Å². The van der Waals surface area contributed by atoms with Crippen molar-refractivity contribution in [2.24, 2.45) is 17.8 Å². The fourth-order valence-corrected chi connectivity index (χ4v) is 5.57. The molecular formula is C24H26N3O3+. The molecule has 0 unspecified atom stereocenters. The summed E-state index contributed by atoms with van der Waals surface area (Å²) in [6.45, 7) is 8.07. The van der Waals surface area contributed by atoms with Gasteiger partial charge in [-0.2, -0.15) is 0 Å². The van der Waals surface area contributed by atoms with Crippen molar-refractivity contribution in [1.82, 2.24) is 0 Å². The maximum Gasteiger partial charge on any atom is 0.291 e. The van der Waals surface area contributed by atoms with Crippen LogP contribution in [0.2, 0.25) is 0 Å². The summed E-state index contributed by atoms with van der Waals surface area (Å²) in [5.74, 6) is -1.80. The monoisotopic (exact) mass is 404 g/mol. The van der Waals surface area contributed by atoms with Crippen LogP contribution >= 0.6 is 0 Å². The maximum absolute atomic E-state index is 13.8. The van der Waals surface area contributed by atoms with Gasteiger partial charge in [0.2, 0.25) is 17.4 Å². The average Bonchev–Trinajstić information content (AvgIpc) is 3.30. The lowest BCUT2D eigenvalue weighted by Gasteiger charge is -2.27. The number of nitrogens with two attached hydrogens (primary N) is 1. The van der Waals surface area contributed by atoms with Crippen LogP contribution in [0.3, 0.4) is 0 Å². The summed E-state index contributed by atoms with van der Waals surface area (Å²) in [5.41, 5.74) is 3.15. The smallest absolute Gasteiger partial charge is 0.291 e. The van der Waals surface area contributed by atoms with Gasteiger partial charge in [0, 0.05) is 11.5 Å². The standard InChI is InChI=1S/C24H25N3O3/c1-12(2)20-18-19(24(26-20)16-7-5-6-8-17(16)25-23(24)30)22(29)27(21(18)28)15-10-9-13(3)14(4)11-15/h5-12,18-20,26H,1-4H3,(H,25,30)/p+1/t18-,19-,20+,24+/m0/s1. The highest BCUT2D eigenvalue weighted by atomic mass is 16.2. The van der Waals surface area contributed by atoms with Crippen molar-refractivity contribution in [3.05, 3.63) is 59.2 Å². The quantitative estimate of drug-likeness (QED) is 0.750. The molecule has 2 aromatic carbocycles. The minimum atomic E-state index is -1.10. The molecule has 5 rings (SSSR count). The van der Waals surface area contributed by atoms with E-state index >= 15 is 0 Å². The van der Waals surface area contributed by atoms with Crippen LogP contribution in [0.5, 0.6) is 0 Å². The number of hydrogen-bond acceptors (Lipinski definition) is 3. The zero-order valence-corrected chi connectivity index (χ0v) is 17.6. The molecule has 30 heavy (non-hydrogen) atoms. The van der Waals surface area contributed by atoms with E-state index < -0.39 is 17.4 Å². The number of benzene rings is 2. The van der Waals surface area contributed by atoms with Crippen molar-refractivity contribution in [2.45, 2.75) is 39.3 Å². The van der Waals surface area contributed by atoms with Crippen LogP contribution in [0.4, 0.5) is 11.4 Å². The van der Waals surface area contributed by atoms with E-state index in [1.165, 1.54) is 4.90 Å². The Bertz CT molecular complexity index is 1110. The highest BCUT2D eigenvalue weighted by Gasteiger charge is 2.74.